The zero-order valence-electron chi connectivity index (χ0n) is 16.7. The van der Waals surface area contributed by atoms with Gasteiger partial charge < -0.3 is 20.3 Å². The Morgan fingerprint density at radius 1 is 1.06 bits per heavy atom. The zero-order chi connectivity index (χ0) is 22.4. The van der Waals surface area contributed by atoms with Gasteiger partial charge in [0.2, 0.25) is 5.95 Å². The molecule has 0 fully saturated rings. The van der Waals surface area contributed by atoms with E-state index in [4.69, 9.17) is 11.6 Å². The van der Waals surface area contributed by atoms with Crippen LogP contribution in [-0.4, -0.2) is 53.4 Å². The second-order valence-corrected chi connectivity index (χ2v) is 7.13. The van der Waals surface area contributed by atoms with Crippen molar-refractivity contribution in [2.24, 2.45) is 0 Å². The predicted octanol–water partition coefficient (Wildman–Crippen LogP) is 4.81. The highest BCUT2D eigenvalue weighted by molar-refractivity contribution is 6.32. The number of hydrogen-bond donors (Lipinski definition) is 2. The van der Waals surface area contributed by atoms with E-state index in [2.05, 4.69) is 30.3 Å². The van der Waals surface area contributed by atoms with Gasteiger partial charge in [0, 0.05) is 31.0 Å². The predicted molar refractivity (Wildman–Crippen MR) is 114 cm³/mol. The van der Waals surface area contributed by atoms with Gasteiger partial charge in [-0.2, -0.15) is 4.98 Å². The molecule has 0 saturated heterocycles. The number of ether oxygens (including phenoxy) is 1. The standard InChI is InChI=1S/C20H20ClF3N6O/c1-30(2)10-9-26-19-28-16(15-5-3-4-8-25-15)12-18(29-19)27-13-6-7-17(14(21)11-13)31-20(22,23)24/h3-8,11-12H,9-10H2,1-2H3,(H2,26,27,28,29). The third kappa shape index (κ3) is 6.97. The molecular formula is C20H20ClF3N6O. The summed E-state index contributed by atoms with van der Waals surface area (Å²) in [6, 6.07) is 11.0. The van der Waals surface area contributed by atoms with Crippen molar-refractivity contribution >= 4 is 29.1 Å². The van der Waals surface area contributed by atoms with Crippen LogP contribution in [0.2, 0.25) is 5.02 Å². The van der Waals surface area contributed by atoms with Gasteiger partial charge in [0.05, 0.1) is 16.4 Å². The first kappa shape index (κ1) is 22.6. The van der Waals surface area contributed by atoms with Gasteiger partial charge in [-0.1, -0.05) is 17.7 Å². The molecule has 2 heterocycles. The topological polar surface area (TPSA) is 75.2 Å². The summed E-state index contributed by atoms with van der Waals surface area (Å²) in [7, 11) is 3.91. The molecule has 2 aromatic heterocycles. The van der Waals surface area contributed by atoms with E-state index in [0.29, 0.717) is 35.4 Å². The van der Waals surface area contributed by atoms with Gasteiger partial charge >= 0.3 is 6.36 Å². The van der Waals surface area contributed by atoms with Crippen molar-refractivity contribution in [3.05, 3.63) is 53.7 Å². The Labute approximate surface area is 182 Å². The van der Waals surface area contributed by atoms with Crippen molar-refractivity contribution in [1.82, 2.24) is 19.9 Å². The smallest absolute Gasteiger partial charge is 0.404 e. The fourth-order valence-electron chi connectivity index (χ4n) is 2.56. The maximum atomic E-state index is 12.4. The molecule has 0 amide bonds. The third-order valence-electron chi connectivity index (χ3n) is 3.93. The van der Waals surface area contributed by atoms with Crippen LogP contribution in [0.3, 0.4) is 0 Å². The average molecular weight is 453 g/mol. The normalized spacial score (nSPS) is 11.5. The van der Waals surface area contributed by atoms with E-state index in [9.17, 15) is 13.2 Å². The monoisotopic (exact) mass is 452 g/mol. The van der Waals surface area contributed by atoms with E-state index in [1.54, 1.807) is 18.3 Å². The molecular weight excluding hydrogens is 433 g/mol. The van der Waals surface area contributed by atoms with E-state index in [1.165, 1.54) is 12.1 Å². The van der Waals surface area contributed by atoms with Gasteiger partial charge in [0.15, 0.2) is 0 Å². The SMILES string of the molecule is CN(C)CCNc1nc(Nc2ccc(OC(F)(F)F)c(Cl)c2)cc(-c2ccccn2)n1. The number of rotatable bonds is 8. The van der Waals surface area contributed by atoms with Crippen molar-refractivity contribution in [3.8, 4) is 17.1 Å². The van der Waals surface area contributed by atoms with Crippen molar-refractivity contribution in [1.29, 1.82) is 0 Å². The molecule has 3 aromatic rings. The highest BCUT2D eigenvalue weighted by atomic mass is 35.5. The quantitative estimate of drug-likeness (QED) is 0.508. The number of aromatic nitrogens is 3. The molecule has 2 N–H and O–H groups in total. The molecule has 0 radical (unpaired) electrons. The lowest BCUT2D eigenvalue weighted by Crippen LogP contribution is -2.21. The summed E-state index contributed by atoms with van der Waals surface area (Å²) in [6.07, 6.45) is -3.17. The summed E-state index contributed by atoms with van der Waals surface area (Å²) in [5.41, 5.74) is 1.66. The molecule has 0 unspecified atom stereocenters. The summed E-state index contributed by atoms with van der Waals surface area (Å²) >= 11 is 5.93. The van der Waals surface area contributed by atoms with Crippen LogP contribution in [0.1, 0.15) is 0 Å². The minimum Gasteiger partial charge on any atom is -0.404 e. The molecule has 164 valence electrons. The maximum absolute atomic E-state index is 12.4. The van der Waals surface area contributed by atoms with Crippen LogP contribution in [0.25, 0.3) is 11.4 Å². The molecule has 7 nitrogen and oxygen atoms in total. The highest BCUT2D eigenvalue weighted by Gasteiger charge is 2.32. The average Bonchev–Trinajstić information content (AvgIpc) is 2.69. The Kier molecular flexibility index (Phi) is 7.13. The van der Waals surface area contributed by atoms with Crippen LogP contribution in [0, 0.1) is 0 Å². The summed E-state index contributed by atoms with van der Waals surface area (Å²) in [5, 5.41) is 6.00. The summed E-state index contributed by atoms with van der Waals surface area (Å²) in [4.78, 5) is 15.3. The number of nitrogens with zero attached hydrogens (tertiary/aromatic N) is 4. The fourth-order valence-corrected chi connectivity index (χ4v) is 2.78. The molecule has 0 saturated carbocycles. The molecule has 0 aliphatic heterocycles. The first-order valence-electron chi connectivity index (χ1n) is 9.21. The zero-order valence-corrected chi connectivity index (χ0v) is 17.5. The number of anilines is 3. The highest BCUT2D eigenvalue weighted by Crippen LogP contribution is 2.33. The Hall–Kier alpha value is -3.11. The number of hydrogen-bond acceptors (Lipinski definition) is 7. The van der Waals surface area contributed by atoms with Crippen LogP contribution < -0.4 is 15.4 Å². The van der Waals surface area contributed by atoms with E-state index >= 15 is 0 Å². The first-order valence-corrected chi connectivity index (χ1v) is 9.59. The molecule has 0 bridgehead atoms. The van der Waals surface area contributed by atoms with E-state index in [-0.39, 0.29) is 5.02 Å². The number of benzene rings is 1. The lowest BCUT2D eigenvalue weighted by molar-refractivity contribution is -0.274. The van der Waals surface area contributed by atoms with Crippen LogP contribution in [0.4, 0.5) is 30.6 Å². The van der Waals surface area contributed by atoms with E-state index < -0.39 is 12.1 Å². The Morgan fingerprint density at radius 3 is 2.52 bits per heavy atom. The van der Waals surface area contributed by atoms with Crippen LogP contribution in [-0.2, 0) is 0 Å². The van der Waals surface area contributed by atoms with Gasteiger partial charge in [0.1, 0.15) is 11.6 Å². The lowest BCUT2D eigenvalue weighted by atomic mass is 10.2. The van der Waals surface area contributed by atoms with Gasteiger partial charge in [-0.3, -0.25) is 4.98 Å². The van der Waals surface area contributed by atoms with Gasteiger partial charge in [-0.05, 0) is 44.4 Å². The minimum atomic E-state index is -4.82. The van der Waals surface area contributed by atoms with Crippen molar-refractivity contribution in [3.63, 3.8) is 0 Å². The molecule has 1 aromatic carbocycles. The molecule has 31 heavy (non-hydrogen) atoms. The van der Waals surface area contributed by atoms with Crippen molar-refractivity contribution < 1.29 is 17.9 Å². The largest absolute Gasteiger partial charge is 0.573 e. The summed E-state index contributed by atoms with van der Waals surface area (Å²) < 4.78 is 41.2. The fraction of sp³-hybridized carbons (Fsp3) is 0.250. The second-order valence-electron chi connectivity index (χ2n) is 6.73. The van der Waals surface area contributed by atoms with Crippen molar-refractivity contribution in [2.45, 2.75) is 6.36 Å². The molecule has 0 atom stereocenters. The number of pyridine rings is 1. The maximum Gasteiger partial charge on any atom is 0.573 e. The first-order chi connectivity index (χ1) is 14.7. The minimum absolute atomic E-state index is 0.189. The van der Waals surface area contributed by atoms with Crippen molar-refractivity contribution in [2.75, 3.05) is 37.8 Å². The summed E-state index contributed by atoms with van der Waals surface area (Å²) in [5.74, 6) is 0.321. The molecule has 11 heteroatoms. The molecule has 0 aliphatic carbocycles. The molecule has 0 spiro atoms. The third-order valence-corrected chi connectivity index (χ3v) is 4.22. The van der Waals surface area contributed by atoms with E-state index in [0.717, 1.165) is 12.6 Å². The number of likely N-dealkylation sites (N-methyl/N-ethyl adjacent to an activating group) is 1. The second kappa shape index (κ2) is 9.80. The van der Waals surface area contributed by atoms with Crippen LogP contribution in [0.15, 0.2) is 48.7 Å². The number of halogens is 4. The van der Waals surface area contributed by atoms with Gasteiger partial charge in [0.25, 0.3) is 0 Å². The summed E-state index contributed by atoms with van der Waals surface area (Å²) in [6.45, 7) is 1.39. The van der Waals surface area contributed by atoms with Crippen LogP contribution >= 0.6 is 11.6 Å². The van der Waals surface area contributed by atoms with Gasteiger partial charge in [-0.15, -0.1) is 13.2 Å². The lowest BCUT2D eigenvalue weighted by Gasteiger charge is -2.14. The number of nitrogens with one attached hydrogen (secondary N) is 2. The molecule has 0 aliphatic rings. The van der Waals surface area contributed by atoms with E-state index in [1.807, 2.05) is 31.1 Å². The van der Waals surface area contributed by atoms with Crippen LogP contribution in [0.5, 0.6) is 5.75 Å². The Balaban J connectivity index is 1.86. The Morgan fingerprint density at radius 2 is 1.87 bits per heavy atom. The Bertz CT molecular complexity index is 1020. The number of alkyl halides is 3. The molecule has 3 rings (SSSR count). The van der Waals surface area contributed by atoms with Gasteiger partial charge in [-0.25, -0.2) is 4.98 Å².